The molecule has 1 aromatic heterocycles. The molecule has 0 spiro atoms. The number of carbonyl (C=O) groups is 1. The van der Waals surface area contributed by atoms with Crippen LogP contribution in [0.5, 0.6) is 0 Å². The maximum atomic E-state index is 11.4. The van der Waals surface area contributed by atoms with Gasteiger partial charge in [0.15, 0.2) is 5.78 Å². The van der Waals surface area contributed by atoms with Gasteiger partial charge in [0.05, 0.1) is 0 Å². The van der Waals surface area contributed by atoms with Crippen molar-refractivity contribution in [2.45, 2.75) is 38.6 Å². The summed E-state index contributed by atoms with van der Waals surface area (Å²) in [5.74, 6) is 1.97. The number of carbonyl (C=O) groups excluding carboxylic acids is 1. The molecule has 3 nitrogen and oxygen atoms in total. The summed E-state index contributed by atoms with van der Waals surface area (Å²) in [6, 6.07) is 4.42. The van der Waals surface area contributed by atoms with E-state index in [1.54, 1.807) is 19.2 Å². The van der Waals surface area contributed by atoms with Crippen molar-refractivity contribution in [1.29, 1.82) is 0 Å². The molecule has 2 aliphatic carbocycles. The second kappa shape index (κ2) is 4.13. The summed E-state index contributed by atoms with van der Waals surface area (Å²) >= 11 is 0. The second-order valence-electron chi connectivity index (χ2n) is 5.29. The molecule has 0 aromatic carbocycles. The molecule has 3 rings (SSSR count). The largest absolute Gasteiger partial charge is 0.353 e. The molecule has 3 heteroatoms. The van der Waals surface area contributed by atoms with E-state index in [4.69, 9.17) is 0 Å². The Morgan fingerprint density at radius 1 is 1.41 bits per heavy atom. The van der Waals surface area contributed by atoms with Crippen molar-refractivity contribution in [3.8, 4) is 0 Å². The molecule has 0 atom stereocenters. The van der Waals surface area contributed by atoms with Crippen molar-refractivity contribution in [1.82, 2.24) is 4.98 Å². The van der Waals surface area contributed by atoms with Crippen LogP contribution in [0.25, 0.3) is 0 Å². The van der Waals surface area contributed by atoms with Gasteiger partial charge in [0.25, 0.3) is 0 Å². The smallest absolute Gasteiger partial charge is 0.159 e. The molecule has 90 valence electrons. The number of nitrogens with zero attached hydrogens (tertiary/aromatic N) is 2. The Kier molecular flexibility index (Phi) is 2.61. The van der Waals surface area contributed by atoms with Gasteiger partial charge in [0.2, 0.25) is 0 Å². The first-order valence-corrected chi connectivity index (χ1v) is 6.47. The number of aromatic nitrogens is 1. The fraction of sp³-hybridized carbons (Fsp3) is 0.571. The lowest BCUT2D eigenvalue weighted by molar-refractivity contribution is 0.101. The van der Waals surface area contributed by atoms with Gasteiger partial charge in [0, 0.05) is 24.3 Å². The van der Waals surface area contributed by atoms with E-state index >= 15 is 0 Å². The molecular weight excluding hydrogens is 212 g/mol. The zero-order valence-electron chi connectivity index (χ0n) is 10.2. The van der Waals surface area contributed by atoms with Gasteiger partial charge >= 0.3 is 0 Å². The molecule has 1 aromatic rings. The standard InChI is InChI=1S/C14H18N2O/c1-10(17)12-6-7-15-14(8-12)16(13-4-5-13)9-11-2-3-11/h6-8,11,13H,2-5,9H2,1H3. The summed E-state index contributed by atoms with van der Waals surface area (Å²) in [5, 5.41) is 0. The van der Waals surface area contributed by atoms with Gasteiger partial charge in [-0.1, -0.05) is 0 Å². The third-order valence-corrected chi connectivity index (χ3v) is 3.59. The zero-order valence-corrected chi connectivity index (χ0v) is 10.2. The van der Waals surface area contributed by atoms with Crippen LogP contribution < -0.4 is 4.90 Å². The van der Waals surface area contributed by atoms with E-state index in [0.717, 1.165) is 23.8 Å². The molecule has 0 amide bonds. The Balaban J connectivity index is 1.83. The minimum absolute atomic E-state index is 0.121. The Hall–Kier alpha value is -1.38. The molecule has 2 saturated carbocycles. The normalized spacial score (nSPS) is 19.1. The van der Waals surface area contributed by atoms with Crippen molar-refractivity contribution in [3.05, 3.63) is 23.9 Å². The molecule has 0 radical (unpaired) electrons. The lowest BCUT2D eigenvalue weighted by atomic mass is 10.2. The van der Waals surface area contributed by atoms with Crippen LogP contribution in [-0.4, -0.2) is 23.4 Å². The van der Waals surface area contributed by atoms with Crippen LogP contribution in [0.3, 0.4) is 0 Å². The number of pyridine rings is 1. The first-order chi connectivity index (χ1) is 8.24. The molecule has 0 bridgehead atoms. The molecule has 1 heterocycles. The molecular formula is C14H18N2O. The zero-order chi connectivity index (χ0) is 11.8. The SMILES string of the molecule is CC(=O)c1ccnc(N(CC2CC2)C2CC2)c1. The maximum Gasteiger partial charge on any atom is 0.159 e. The number of ketones is 1. The lowest BCUT2D eigenvalue weighted by Gasteiger charge is -2.23. The third-order valence-electron chi connectivity index (χ3n) is 3.59. The summed E-state index contributed by atoms with van der Waals surface area (Å²) in [6.07, 6.45) is 7.02. The molecule has 0 saturated heterocycles. The average molecular weight is 230 g/mol. The minimum atomic E-state index is 0.121. The number of Topliss-reactive ketones (excluding diaryl/α,β-unsaturated/α-hetero) is 1. The van der Waals surface area contributed by atoms with Crippen molar-refractivity contribution in [2.24, 2.45) is 5.92 Å². The highest BCUT2D eigenvalue weighted by molar-refractivity contribution is 5.94. The molecule has 0 aliphatic heterocycles. The maximum absolute atomic E-state index is 11.4. The topological polar surface area (TPSA) is 33.2 Å². The summed E-state index contributed by atoms with van der Waals surface area (Å²) in [5.41, 5.74) is 0.774. The number of anilines is 1. The van der Waals surface area contributed by atoms with Gasteiger partial charge in [-0.2, -0.15) is 0 Å². The Bertz CT molecular complexity index is 436. The number of rotatable bonds is 5. The van der Waals surface area contributed by atoms with E-state index in [2.05, 4.69) is 9.88 Å². The van der Waals surface area contributed by atoms with Crippen molar-refractivity contribution in [3.63, 3.8) is 0 Å². The first-order valence-electron chi connectivity index (χ1n) is 6.47. The fourth-order valence-corrected chi connectivity index (χ4v) is 2.19. The Morgan fingerprint density at radius 2 is 2.18 bits per heavy atom. The molecule has 17 heavy (non-hydrogen) atoms. The quantitative estimate of drug-likeness (QED) is 0.729. The molecule has 0 unspecified atom stereocenters. The van der Waals surface area contributed by atoms with Gasteiger partial charge in [-0.3, -0.25) is 4.79 Å². The summed E-state index contributed by atoms with van der Waals surface area (Å²) in [7, 11) is 0. The number of hydrogen-bond acceptors (Lipinski definition) is 3. The van der Waals surface area contributed by atoms with Crippen molar-refractivity contribution >= 4 is 11.6 Å². The van der Waals surface area contributed by atoms with Gasteiger partial charge in [0.1, 0.15) is 5.82 Å². The second-order valence-corrected chi connectivity index (χ2v) is 5.29. The monoisotopic (exact) mass is 230 g/mol. The van der Waals surface area contributed by atoms with Crippen molar-refractivity contribution in [2.75, 3.05) is 11.4 Å². The lowest BCUT2D eigenvalue weighted by Crippen LogP contribution is -2.29. The third kappa shape index (κ3) is 2.48. The molecule has 2 aliphatic rings. The minimum Gasteiger partial charge on any atom is -0.353 e. The van der Waals surface area contributed by atoms with Crippen LogP contribution in [0.4, 0.5) is 5.82 Å². The van der Waals surface area contributed by atoms with E-state index in [0.29, 0.717) is 6.04 Å². The van der Waals surface area contributed by atoms with E-state index in [1.807, 2.05) is 6.07 Å². The fourth-order valence-electron chi connectivity index (χ4n) is 2.19. The van der Waals surface area contributed by atoms with Gasteiger partial charge < -0.3 is 4.90 Å². The van der Waals surface area contributed by atoms with Gasteiger partial charge in [-0.25, -0.2) is 4.98 Å². The van der Waals surface area contributed by atoms with Crippen molar-refractivity contribution < 1.29 is 4.79 Å². The highest BCUT2D eigenvalue weighted by Gasteiger charge is 2.34. The predicted octanol–water partition coefficient (Wildman–Crippen LogP) is 2.66. The highest BCUT2D eigenvalue weighted by Crippen LogP contribution is 2.37. The number of hydrogen-bond donors (Lipinski definition) is 0. The van der Waals surface area contributed by atoms with E-state index in [-0.39, 0.29) is 5.78 Å². The first kappa shape index (κ1) is 10.8. The summed E-state index contributed by atoms with van der Waals surface area (Å²) in [4.78, 5) is 18.2. The average Bonchev–Trinajstić information content (AvgIpc) is 3.18. The van der Waals surface area contributed by atoms with Gasteiger partial charge in [-0.05, 0) is 50.7 Å². The van der Waals surface area contributed by atoms with Crippen LogP contribution in [0.2, 0.25) is 0 Å². The van der Waals surface area contributed by atoms with Crippen LogP contribution in [0, 0.1) is 5.92 Å². The van der Waals surface area contributed by atoms with E-state index in [9.17, 15) is 4.79 Å². The summed E-state index contributed by atoms with van der Waals surface area (Å²) in [6.45, 7) is 2.74. The Morgan fingerprint density at radius 3 is 2.76 bits per heavy atom. The van der Waals surface area contributed by atoms with Crippen LogP contribution in [0.1, 0.15) is 43.0 Å². The van der Waals surface area contributed by atoms with Crippen LogP contribution in [0.15, 0.2) is 18.3 Å². The molecule has 0 N–H and O–H groups in total. The van der Waals surface area contributed by atoms with Gasteiger partial charge in [-0.15, -0.1) is 0 Å². The molecule has 2 fully saturated rings. The summed E-state index contributed by atoms with van der Waals surface area (Å²) < 4.78 is 0. The van der Waals surface area contributed by atoms with Crippen LogP contribution >= 0.6 is 0 Å². The van der Waals surface area contributed by atoms with E-state index < -0.39 is 0 Å². The van der Waals surface area contributed by atoms with E-state index in [1.165, 1.54) is 25.7 Å². The highest BCUT2D eigenvalue weighted by atomic mass is 16.1. The van der Waals surface area contributed by atoms with Crippen LogP contribution in [-0.2, 0) is 0 Å². The predicted molar refractivity (Wildman–Crippen MR) is 67.3 cm³/mol. The Labute approximate surface area is 102 Å².